The predicted molar refractivity (Wildman–Crippen MR) is 128 cm³/mol. The van der Waals surface area contributed by atoms with Gasteiger partial charge in [-0.25, -0.2) is 0 Å². The molecule has 3 rings (SSSR count). The van der Waals surface area contributed by atoms with E-state index in [9.17, 15) is 0 Å². The fourth-order valence-electron chi connectivity index (χ4n) is 2.70. The largest absolute Gasteiger partial charge is 0.0864 e. The Balaban J connectivity index is 0.000000298. The van der Waals surface area contributed by atoms with Gasteiger partial charge >= 0.3 is 0 Å². The van der Waals surface area contributed by atoms with E-state index in [1.807, 2.05) is 0 Å². The monoisotopic (exact) mass is 474 g/mol. The lowest BCUT2D eigenvalue weighted by molar-refractivity contribution is 0.710. The van der Waals surface area contributed by atoms with Gasteiger partial charge < -0.3 is 0 Å². The normalized spacial score (nSPS) is 10.3. The summed E-state index contributed by atoms with van der Waals surface area (Å²) in [6.07, 6.45) is 5.62. The molecule has 0 N–H and O–H groups in total. The summed E-state index contributed by atoms with van der Waals surface area (Å²) in [6, 6.07) is 32.3. The second-order valence-corrected chi connectivity index (χ2v) is 9.39. The highest BCUT2D eigenvalue weighted by Gasteiger charge is 2.14. The van der Waals surface area contributed by atoms with Gasteiger partial charge in [-0.3, -0.25) is 0 Å². The molecule has 3 aromatic rings. The summed E-state index contributed by atoms with van der Waals surface area (Å²) < 4.78 is 1.33. The van der Waals surface area contributed by atoms with Crippen molar-refractivity contribution in [2.24, 2.45) is 0 Å². The first-order chi connectivity index (χ1) is 12.9. The van der Waals surface area contributed by atoms with Crippen LogP contribution in [-0.2, 0) is 0 Å². The molecule has 0 nitrogen and oxygen atoms in total. The summed E-state index contributed by atoms with van der Waals surface area (Å²) >= 11 is 2.43. The Morgan fingerprint density at radius 3 is 1.27 bits per heavy atom. The Hall–Kier alpha value is -1.18. The van der Waals surface area contributed by atoms with Gasteiger partial charge in [-0.1, -0.05) is 140 Å². The van der Waals surface area contributed by atoms with E-state index in [0.29, 0.717) is 0 Å². The maximum absolute atomic E-state index is 2.43. The highest BCUT2D eigenvalue weighted by atomic mass is 127. The Morgan fingerprint density at radius 1 is 0.577 bits per heavy atom. The summed E-state index contributed by atoms with van der Waals surface area (Å²) in [5, 5.41) is 4.19. The van der Waals surface area contributed by atoms with Crippen LogP contribution < -0.4 is 15.9 Å². The van der Waals surface area contributed by atoms with Gasteiger partial charge in [0.25, 0.3) is 0 Å². The lowest BCUT2D eigenvalue weighted by Gasteiger charge is -2.18. The van der Waals surface area contributed by atoms with Crippen LogP contribution in [0.5, 0.6) is 0 Å². The van der Waals surface area contributed by atoms with Gasteiger partial charge in [0, 0.05) is 0 Å². The minimum atomic E-state index is -0.446. The van der Waals surface area contributed by atoms with Crippen molar-refractivity contribution < 1.29 is 0 Å². The molecule has 0 aliphatic rings. The van der Waals surface area contributed by atoms with Crippen molar-refractivity contribution in [1.29, 1.82) is 0 Å². The first kappa shape index (κ1) is 21.1. The Bertz CT molecular complexity index is 600. The number of rotatable bonds is 7. The van der Waals surface area contributed by atoms with Crippen molar-refractivity contribution in [3.63, 3.8) is 0 Å². The third-order valence-electron chi connectivity index (χ3n) is 4.03. The molecule has 0 bridgehead atoms. The Morgan fingerprint density at radius 2 is 0.962 bits per heavy atom. The molecule has 0 aromatic heterocycles. The van der Waals surface area contributed by atoms with Crippen molar-refractivity contribution in [2.45, 2.75) is 32.6 Å². The molecule has 0 aliphatic heterocycles. The van der Waals surface area contributed by atoms with Gasteiger partial charge in [-0.05, 0) is 34.7 Å². The molecule has 0 aliphatic carbocycles. The predicted octanol–water partition coefficient (Wildman–Crippen LogP) is 6.45. The molecule has 26 heavy (non-hydrogen) atoms. The van der Waals surface area contributed by atoms with Gasteiger partial charge in [0.05, 0.1) is 0 Å². The maximum Gasteiger partial charge on any atom is -0.000473 e. The van der Waals surface area contributed by atoms with E-state index < -0.39 is 7.92 Å². The van der Waals surface area contributed by atoms with Crippen LogP contribution in [0, 0.1) is 0 Å². The van der Waals surface area contributed by atoms with Crippen LogP contribution in [-0.4, -0.2) is 4.43 Å². The quantitative estimate of drug-likeness (QED) is 0.160. The second-order valence-electron chi connectivity index (χ2n) is 6.09. The lowest BCUT2D eigenvalue weighted by atomic mass is 10.2. The highest BCUT2D eigenvalue weighted by molar-refractivity contribution is 14.1. The topological polar surface area (TPSA) is 0 Å². The van der Waals surface area contributed by atoms with Crippen LogP contribution in [0.1, 0.15) is 32.6 Å². The Labute approximate surface area is 174 Å². The van der Waals surface area contributed by atoms with Crippen LogP contribution in [0.2, 0.25) is 0 Å². The van der Waals surface area contributed by atoms with Crippen molar-refractivity contribution in [3.05, 3.63) is 91.0 Å². The van der Waals surface area contributed by atoms with E-state index in [4.69, 9.17) is 0 Å². The number of hydrogen-bond donors (Lipinski definition) is 0. The fraction of sp³-hybridized carbons (Fsp3) is 0.250. The summed E-state index contributed by atoms with van der Waals surface area (Å²) in [5.74, 6) is 0. The zero-order valence-corrected chi connectivity index (χ0v) is 18.6. The van der Waals surface area contributed by atoms with Gasteiger partial charge in [-0.2, -0.15) is 0 Å². The van der Waals surface area contributed by atoms with E-state index >= 15 is 0 Å². The Kier molecular flexibility index (Phi) is 10.6. The summed E-state index contributed by atoms with van der Waals surface area (Å²) in [5.41, 5.74) is 0. The molecule has 0 radical (unpaired) electrons. The standard InChI is InChI=1S/C18H15P.C6H13I/c1-4-10-16(11-5-1)19(17-12-6-2-7-13-17)18-14-8-3-9-15-18;1-2-3-4-5-6-7/h1-15H;2-6H2,1H3. The molecule has 0 saturated carbocycles. The molecule has 0 saturated heterocycles. The van der Waals surface area contributed by atoms with E-state index in [-0.39, 0.29) is 0 Å². The van der Waals surface area contributed by atoms with Gasteiger partial charge in [0.15, 0.2) is 0 Å². The smallest absolute Gasteiger partial charge is 0.000473 e. The van der Waals surface area contributed by atoms with Gasteiger partial charge in [0.2, 0.25) is 0 Å². The molecular formula is C24H28IP. The van der Waals surface area contributed by atoms with Crippen molar-refractivity contribution in [3.8, 4) is 0 Å². The molecule has 0 fully saturated rings. The van der Waals surface area contributed by atoms with Gasteiger partial charge in [0.1, 0.15) is 0 Å². The molecule has 2 heteroatoms. The molecule has 0 amide bonds. The van der Waals surface area contributed by atoms with E-state index in [1.54, 1.807) is 0 Å². The zero-order valence-electron chi connectivity index (χ0n) is 15.5. The number of unbranched alkanes of at least 4 members (excludes halogenated alkanes) is 3. The van der Waals surface area contributed by atoms with Crippen LogP contribution in [0.15, 0.2) is 91.0 Å². The molecule has 0 heterocycles. The maximum atomic E-state index is 2.43. The van der Waals surface area contributed by atoms with E-state index in [1.165, 1.54) is 46.0 Å². The SMILES string of the molecule is CCCCCCI.c1ccc(P(c2ccccc2)c2ccccc2)cc1. The lowest BCUT2D eigenvalue weighted by Crippen LogP contribution is -2.20. The molecule has 0 spiro atoms. The number of alkyl halides is 1. The summed E-state index contributed by atoms with van der Waals surface area (Å²) in [6.45, 7) is 2.24. The zero-order chi connectivity index (χ0) is 18.5. The fourth-order valence-corrected chi connectivity index (χ4v) is 5.54. The third kappa shape index (κ3) is 7.21. The average Bonchev–Trinajstić information content (AvgIpc) is 2.72. The molecule has 0 unspecified atom stereocenters. The molecule has 0 atom stereocenters. The first-order valence-corrected chi connectivity index (χ1v) is 12.2. The van der Waals surface area contributed by atoms with Crippen molar-refractivity contribution in [1.82, 2.24) is 0 Å². The van der Waals surface area contributed by atoms with Crippen LogP contribution in [0.4, 0.5) is 0 Å². The minimum absolute atomic E-state index is 0.446. The van der Waals surface area contributed by atoms with Gasteiger partial charge in [-0.15, -0.1) is 0 Å². The second kappa shape index (κ2) is 13.1. The van der Waals surface area contributed by atoms with E-state index in [0.717, 1.165) is 0 Å². The molecule has 136 valence electrons. The van der Waals surface area contributed by atoms with Crippen LogP contribution in [0.3, 0.4) is 0 Å². The first-order valence-electron chi connectivity index (χ1n) is 9.38. The number of benzene rings is 3. The van der Waals surface area contributed by atoms with Crippen molar-refractivity contribution >= 4 is 46.4 Å². The van der Waals surface area contributed by atoms with E-state index in [2.05, 4.69) is 121 Å². The highest BCUT2D eigenvalue weighted by Crippen LogP contribution is 2.32. The summed E-state index contributed by atoms with van der Waals surface area (Å²) in [4.78, 5) is 0. The van der Waals surface area contributed by atoms with Crippen molar-refractivity contribution in [2.75, 3.05) is 4.43 Å². The number of halogens is 1. The van der Waals surface area contributed by atoms with Crippen LogP contribution in [0.25, 0.3) is 0 Å². The molecular weight excluding hydrogens is 446 g/mol. The molecule has 3 aromatic carbocycles. The number of hydrogen-bond acceptors (Lipinski definition) is 0. The average molecular weight is 474 g/mol. The third-order valence-corrected chi connectivity index (χ3v) is 7.24. The summed E-state index contributed by atoms with van der Waals surface area (Å²) in [7, 11) is -0.446. The minimum Gasteiger partial charge on any atom is -0.0864 e. The van der Waals surface area contributed by atoms with Crippen LogP contribution >= 0.6 is 30.5 Å².